The SMILES string of the molecule is C=Cc1cc(C(=O)OC(C)(C)C)cc(C#N)n1. The van der Waals surface area contributed by atoms with E-state index in [0.29, 0.717) is 11.3 Å². The van der Waals surface area contributed by atoms with Crippen molar-refractivity contribution in [1.29, 1.82) is 5.26 Å². The van der Waals surface area contributed by atoms with Crippen LogP contribution in [0.4, 0.5) is 0 Å². The maximum absolute atomic E-state index is 11.8. The molecule has 1 aromatic heterocycles. The first-order valence-corrected chi connectivity index (χ1v) is 5.13. The van der Waals surface area contributed by atoms with Gasteiger partial charge in [-0.15, -0.1) is 0 Å². The molecule has 0 unspecified atom stereocenters. The third kappa shape index (κ3) is 3.72. The van der Waals surface area contributed by atoms with Gasteiger partial charge in [0, 0.05) is 0 Å². The van der Waals surface area contributed by atoms with E-state index in [2.05, 4.69) is 11.6 Å². The molecule has 0 amide bonds. The Kier molecular flexibility index (Phi) is 3.64. The molecule has 0 radical (unpaired) electrons. The predicted molar refractivity (Wildman–Crippen MR) is 64.2 cm³/mol. The summed E-state index contributed by atoms with van der Waals surface area (Å²) in [6, 6.07) is 4.84. The predicted octanol–water partition coefficient (Wildman–Crippen LogP) is 2.55. The fourth-order valence-corrected chi connectivity index (χ4v) is 1.17. The van der Waals surface area contributed by atoms with Crippen LogP contribution in [-0.2, 0) is 4.74 Å². The minimum atomic E-state index is -0.568. The molecule has 0 saturated carbocycles. The summed E-state index contributed by atoms with van der Waals surface area (Å²) in [6.45, 7) is 8.91. The van der Waals surface area contributed by atoms with Gasteiger partial charge in [-0.05, 0) is 39.0 Å². The summed E-state index contributed by atoms with van der Waals surface area (Å²) in [5.41, 5.74) is 0.385. The summed E-state index contributed by atoms with van der Waals surface area (Å²) in [4.78, 5) is 15.8. The monoisotopic (exact) mass is 230 g/mol. The van der Waals surface area contributed by atoms with Crippen molar-refractivity contribution in [1.82, 2.24) is 4.98 Å². The third-order valence-electron chi connectivity index (χ3n) is 1.80. The van der Waals surface area contributed by atoms with Crippen LogP contribution in [0.25, 0.3) is 6.08 Å². The highest BCUT2D eigenvalue weighted by atomic mass is 16.6. The molecule has 0 N–H and O–H groups in total. The second kappa shape index (κ2) is 4.79. The lowest BCUT2D eigenvalue weighted by molar-refractivity contribution is 0.00693. The van der Waals surface area contributed by atoms with Gasteiger partial charge >= 0.3 is 5.97 Å². The van der Waals surface area contributed by atoms with E-state index in [1.165, 1.54) is 12.1 Å². The summed E-state index contributed by atoms with van der Waals surface area (Å²) in [6.07, 6.45) is 1.48. The number of nitriles is 1. The van der Waals surface area contributed by atoms with Crippen LogP contribution in [0.3, 0.4) is 0 Å². The third-order valence-corrected chi connectivity index (χ3v) is 1.80. The Morgan fingerprint density at radius 1 is 1.53 bits per heavy atom. The molecule has 88 valence electrons. The molecule has 0 fully saturated rings. The number of esters is 1. The van der Waals surface area contributed by atoms with E-state index in [-0.39, 0.29) is 5.69 Å². The number of ether oxygens (including phenoxy) is 1. The van der Waals surface area contributed by atoms with E-state index in [9.17, 15) is 4.79 Å². The molecular formula is C13H14N2O2. The van der Waals surface area contributed by atoms with Crippen molar-refractivity contribution in [2.75, 3.05) is 0 Å². The quantitative estimate of drug-likeness (QED) is 0.732. The van der Waals surface area contributed by atoms with E-state index in [1.807, 2.05) is 6.07 Å². The summed E-state index contributed by atoms with van der Waals surface area (Å²) in [5.74, 6) is -0.473. The second-order valence-corrected chi connectivity index (χ2v) is 4.48. The molecule has 1 heterocycles. The first-order chi connectivity index (χ1) is 7.85. The first-order valence-electron chi connectivity index (χ1n) is 5.13. The van der Waals surface area contributed by atoms with Gasteiger partial charge in [0.05, 0.1) is 11.3 Å². The Labute approximate surface area is 101 Å². The van der Waals surface area contributed by atoms with Crippen LogP contribution in [0, 0.1) is 11.3 Å². The van der Waals surface area contributed by atoms with Crippen molar-refractivity contribution < 1.29 is 9.53 Å². The van der Waals surface area contributed by atoms with Gasteiger partial charge in [-0.25, -0.2) is 9.78 Å². The van der Waals surface area contributed by atoms with Gasteiger partial charge in [0.15, 0.2) is 0 Å². The molecule has 0 atom stereocenters. The molecule has 0 aliphatic carbocycles. The van der Waals surface area contributed by atoms with E-state index in [0.717, 1.165) is 0 Å². The Morgan fingerprint density at radius 3 is 2.65 bits per heavy atom. The molecule has 4 heteroatoms. The molecule has 0 aliphatic rings. The van der Waals surface area contributed by atoms with E-state index >= 15 is 0 Å². The van der Waals surface area contributed by atoms with Gasteiger partial charge in [-0.3, -0.25) is 0 Å². The van der Waals surface area contributed by atoms with Crippen LogP contribution >= 0.6 is 0 Å². The van der Waals surface area contributed by atoms with Crippen LogP contribution in [0.1, 0.15) is 42.5 Å². The normalized spacial score (nSPS) is 10.5. The number of carbonyl (C=O) groups is 1. The standard InChI is InChI=1S/C13H14N2O2/c1-5-10-6-9(7-11(8-14)15-10)12(16)17-13(2,3)4/h5-7H,1H2,2-4H3. The van der Waals surface area contributed by atoms with Crippen LogP contribution in [0.5, 0.6) is 0 Å². The van der Waals surface area contributed by atoms with Crippen LogP contribution in [-0.4, -0.2) is 16.6 Å². The van der Waals surface area contributed by atoms with Gasteiger partial charge < -0.3 is 4.74 Å². The zero-order valence-corrected chi connectivity index (χ0v) is 10.2. The topological polar surface area (TPSA) is 63.0 Å². The van der Waals surface area contributed by atoms with Crippen molar-refractivity contribution in [3.8, 4) is 6.07 Å². The first kappa shape index (κ1) is 12.9. The van der Waals surface area contributed by atoms with Crippen LogP contribution < -0.4 is 0 Å². The fraction of sp³-hybridized carbons (Fsp3) is 0.308. The largest absolute Gasteiger partial charge is 0.456 e. The van der Waals surface area contributed by atoms with Crippen molar-refractivity contribution in [2.45, 2.75) is 26.4 Å². The molecule has 17 heavy (non-hydrogen) atoms. The van der Waals surface area contributed by atoms with Crippen molar-refractivity contribution >= 4 is 12.0 Å². The lowest BCUT2D eigenvalue weighted by atomic mass is 10.1. The molecule has 4 nitrogen and oxygen atoms in total. The minimum Gasteiger partial charge on any atom is -0.456 e. The lowest BCUT2D eigenvalue weighted by Crippen LogP contribution is -2.24. The summed E-state index contributed by atoms with van der Waals surface area (Å²) >= 11 is 0. The maximum atomic E-state index is 11.8. The average molecular weight is 230 g/mol. The molecule has 0 aromatic carbocycles. The van der Waals surface area contributed by atoms with E-state index in [1.54, 1.807) is 26.8 Å². The lowest BCUT2D eigenvalue weighted by Gasteiger charge is -2.19. The zero-order chi connectivity index (χ0) is 13.1. The van der Waals surface area contributed by atoms with Crippen LogP contribution in [0.2, 0.25) is 0 Å². The van der Waals surface area contributed by atoms with Crippen LogP contribution in [0.15, 0.2) is 18.7 Å². The highest BCUT2D eigenvalue weighted by Gasteiger charge is 2.18. The van der Waals surface area contributed by atoms with E-state index in [4.69, 9.17) is 10.00 Å². The highest BCUT2D eigenvalue weighted by Crippen LogP contribution is 2.14. The summed E-state index contributed by atoms with van der Waals surface area (Å²) in [7, 11) is 0. The molecule has 1 aromatic rings. The van der Waals surface area contributed by atoms with Gasteiger partial charge in [0.1, 0.15) is 17.4 Å². The van der Waals surface area contributed by atoms with Gasteiger partial charge in [-0.1, -0.05) is 6.58 Å². The number of aromatic nitrogens is 1. The maximum Gasteiger partial charge on any atom is 0.338 e. The van der Waals surface area contributed by atoms with Crippen molar-refractivity contribution in [3.05, 3.63) is 35.7 Å². The molecule has 0 saturated heterocycles. The van der Waals surface area contributed by atoms with E-state index < -0.39 is 11.6 Å². The van der Waals surface area contributed by atoms with Gasteiger partial charge in [-0.2, -0.15) is 5.26 Å². The number of hydrogen-bond donors (Lipinski definition) is 0. The summed E-state index contributed by atoms with van der Waals surface area (Å²) in [5, 5.41) is 8.80. The highest BCUT2D eigenvalue weighted by molar-refractivity contribution is 5.90. The Morgan fingerprint density at radius 2 is 2.18 bits per heavy atom. The average Bonchev–Trinajstić information content (AvgIpc) is 2.26. The van der Waals surface area contributed by atoms with Crippen molar-refractivity contribution in [3.63, 3.8) is 0 Å². The minimum absolute atomic E-state index is 0.170. The molecule has 0 aliphatic heterocycles. The smallest absolute Gasteiger partial charge is 0.338 e. The Balaban J connectivity index is 3.10. The zero-order valence-electron chi connectivity index (χ0n) is 10.2. The molecule has 0 bridgehead atoms. The molecule has 1 rings (SSSR count). The Hall–Kier alpha value is -2.15. The number of nitrogens with zero attached hydrogens (tertiary/aromatic N) is 2. The number of rotatable bonds is 2. The summed E-state index contributed by atoms with van der Waals surface area (Å²) < 4.78 is 5.21. The fourth-order valence-electron chi connectivity index (χ4n) is 1.17. The van der Waals surface area contributed by atoms with Crippen molar-refractivity contribution in [2.24, 2.45) is 0 Å². The number of hydrogen-bond acceptors (Lipinski definition) is 4. The molecule has 0 spiro atoms. The number of carbonyl (C=O) groups excluding carboxylic acids is 1. The number of pyridine rings is 1. The van der Waals surface area contributed by atoms with Gasteiger partial charge in [0.2, 0.25) is 0 Å². The Bertz CT molecular complexity index is 493. The molecular weight excluding hydrogens is 216 g/mol. The second-order valence-electron chi connectivity index (χ2n) is 4.48. The van der Waals surface area contributed by atoms with Gasteiger partial charge in [0.25, 0.3) is 0 Å².